The van der Waals surface area contributed by atoms with Gasteiger partial charge in [-0.1, -0.05) is 54.6 Å². The Bertz CT molecular complexity index is 734. The summed E-state index contributed by atoms with van der Waals surface area (Å²) in [6, 6.07) is 17.0. The van der Waals surface area contributed by atoms with Crippen LogP contribution >= 0.6 is 0 Å². The molecule has 0 unspecified atom stereocenters. The fourth-order valence-corrected chi connectivity index (χ4v) is 2.64. The third-order valence-corrected chi connectivity index (χ3v) is 4.03. The number of urea groups is 1. The summed E-state index contributed by atoms with van der Waals surface area (Å²) in [7, 11) is 0. The normalized spacial score (nSPS) is 16.2. The van der Waals surface area contributed by atoms with Gasteiger partial charge < -0.3 is 20.7 Å². The van der Waals surface area contributed by atoms with Gasteiger partial charge in [0.2, 0.25) is 5.91 Å². The number of benzene rings is 2. The SMILES string of the molecule is O=C1NC[C@@H](C(=O)NCc2ccccc2COCc2ccccc2)N1. The van der Waals surface area contributed by atoms with Crippen molar-refractivity contribution in [2.45, 2.75) is 25.8 Å². The molecule has 0 spiro atoms. The summed E-state index contributed by atoms with van der Waals surface area (Å²) < 4.78 is 5.79. The molecule has 25 heavy (non-hydrogen) atoms. The van der Waals surface area contributed by atoms with Crippen molar-refractivity contribution in [1.82, 2.24) is 16.0 Å². The lowest BCUT2D eigenvalue weighted by Crippen LogP contribution is -2.42. The van der Waals surface area contributed by atoms with Gasteiger partial charge in [0.1, 0.15) is 6.04 Å². The Kier molecular flexibility index (Phi) is 5.64. The van der Waals surface area contributed by atoms with Gasteiger partial charge in [-0.3, -0.25) is 4.79 Å². The minimum absolute atomic E-state index is 0.196. The Labute approximate surface area is 146 Å². The molecular weight excluding hydrogens is 318 g/mol. The number of amides is 3. The molecule has 6 nitrogen and oxygen atoms in total. The second kappa shape index (κ2) is 8.30. The van der Waals surface area contributed by atoms with Gasteiger partial charge in [0.25, 0.3) is 0 Å². The van der Waals surface area contributed by atoms with Gasteiger partial charge in [0.15, 0.2) is 0 Å². The molecule has 1 fully saturated rings. The maximum Gasteiger partial charge on any atom is 0.315 e. The molecule has 0 radical (unpaired) electrons. The van der Waals surface area contributed by atoms with Gasteiger partial charge >= 0.3 is 6.03 Å². The molecule has 6 heteroatoms. The van der Waals surface area contributed by atoms with Crippen LogP contribution in [0.3, 0.4) is 0 Å². The number of nitrogens with one attached hydrogen (secondary N) is 3. The van der Waals surface area contributed by atoms with E-state index in [0.29, 0.717) is 26.3 Å². The standard InChI is InChI=1S/C19H21N3O3/c23-18(17-11-21-19(24)22-17)20-10-15-8-4-5-9-16(15)13-25-12-14-6-2-1-3-7-14/h1-9,17H,10-13H2,(H,20,23)(H2,21,22,24)/t17-/m0/s1. The summed E-state index contributed by atoms with van der Waals surface area (Å²) in [6.45, 7) is 1.73. The van der Waals surface area contributed by atoms with Crippen molar-refractivity contribution in [2.24, 2.45) is 0 Å². The average Bonchev–Trinajstić information content (AvgIpc) is 3.08. The highest BCUT2D eigenvalue weighted by molar-refractivity contribution is 5.90. The number of hydrogen-bond donors (Lipinski definition) is 3. The van der Waals surface area contributed by atoms with E-state index in [4.69, 9.17) is 4.74 Å². The van der Waals surface area contributed by atoms with E-state index in [9.17, 15) is 9.59 Å². The molecule has 3 amide bonds. The van der Waals surface area contributed by atoms with Gasteiger partial charge in [0, 0.05) is 13.1 Å². The van der Waals surface area contributed by atoms with Gasteiger partial charge in [-0.25, -0.2) is 4.79 Å². The molecule has 0 aliphatic carbocycles. The molecule has 0 saturated carbocycles. The zero-order chi connectivity index (χ0) is 17.5. The Hall–Kier alpha value is -2.86. The van der Waals surface area contributed by atoms with E-state index in [1.807, 2.05) is 54.6 Å². The van der Waals surface area contributed by atoms with Crippen molar-refractivity contribution in [3.63, 3.8) is 0 Å². The van der Waals surface area contributed by atoms with Crippen LogP contribution in [-0.4, -0.2) is 24.5 Å². The maximum atomic E-state index is 12.1. The van der Waals surface area contributed by atoms with Crippen LogP contribution in [-0.2, 0) is 29.3 Å². The van der Waals surface area contributed by atoms with Crippen LogP contribution in [0, 0.1) is 0 Å². The topological polar surface area (TPSA) is 79.5 Å². The highest BCUT2D eigenvalue weighted by atomic mass is 16.5. The van der Waals surface area contributed by atoms with Gasteiger partial charge in [-0.15, -0.1) is 0 Å². The molecule has 0 bridgehead atoms. The molecule has 130 valence electrons. The lowest BCUT2D eigenvalue weighted by Gasteiger charge is -2.13. The van der Waals surface area contributed by atoms with Crippen LogP contribution in [0.1, 0.15) is 16.7 Å². The Morgan fingerprint density at radius 2 is 1.76 bits per heavy atom. The molecule has 3 N–H and O–H groups in total. The first-order valence-corrected chi connectivity index (χ1v) is 8.23. The monoisotopic (exact) mass is 339 g/mol. The lowest BCUT2D eigenvalue weighted by molar-refractivity contribution is -0.122. The minimum Gasteiger partial charge on any atom is -0.372 e. The van der Waals surface area contributed by atoms with Crippen LogP contribution in [0.4, 0.5) is 4.79 Å². The van der Waals surface area contributed by atoms with Crippen LogP contribution in [0.2, 0.25) is 0 Å². The largest absolute Gasteiger partial charge is 0.372 e. The van der Waals surface area contributed by atoms with Crippen molar-refractivity contribution < 1.29 is 14.3 Å². The summed E-state index contributed by atoms with van der Waals surface area (Å²) in [4.78, 5) is 23.2. The summed E-state index contributed by atoms with van der Waals surface area (Å²) in [5, 5.41) is 8.00. The molecule has 1 heterocycles. The Morgan fingerprint density at radius 1 is 1.04 bits per heavy atom. The van der Waals surface area contributed by atoms with Gasteiger partial charge in [-0.2, -0.15) is 0 Å². The molecule has 1 atom stereocenters. The third kappa shape index (κ3) is 4.81. The summed E-state index contributed by atoms with van der Waals surface area (Å²) in [5.41, 5.74) is 3.16. The fourth-order valence-electron chi connectivity index (χ4n) is 2.64. The second-order valence-corrected chi connectivity index (χ2v) is 5.87. The predicted octanol–water partition coefficient (Wildman–Crippen LogP) is 1.70. The molecule has 2 aromatic rings. The molecule has 3 rings (SSSR count). The number of carbonyl (C=O) groups is 2. The van der Waals surface area contributed by atoms with Gasteiger partial charge in [-0.05, 0) is 16.7 Å². The van der Waals surface area contributed by atoms with Crippen LogP contribution in [0.15, 0.2) is 54.6 Å². The fraction of sp³-hybridized carbons (Fsp3) is 0.263. The smallest absolute Gasteiger partial charge is 0.315 e. The number of rotatable bonds is 7. The maximum absolute atomic E-state index is 12.1. The van der Waals surface area contributed by atoms with Gasteiger partial charge in [0.05, 0.1) is 13.2 Å². The van der Waals surface area contributed by atoms with Crippen LogP contribution < -0.4 is 16.0 Å². The highest BCUT2D eigenvalue weighted by Crippen LogP contribution is 2.12. The average molecular weight is 339 g/mol. The zero-order valence-corrected chi connectivity index (χ0v) is 13.8. The van der Waals surface area contributed by atoms with E-state index in [1.54, 1.807) is 0 Å². The van der Waals surface area contributed by atoms with E-state index in [1.165, 1.54) is 0 Å². The van der Waals surface area contributed by atoms with E-state index in [-0.39, 0.29) is 11.9 Å². The molecule has 1 aliphatic heterocycles. The highest BCUT2D eigenvalue weighted by Gasteiger charge is 2.26. The summed E-state index contributed by atoms with van der Waals surface area (Å²) >= 11 is 0. The summed E-state index contributed by atoms with van der Waals surface area (Å²) in [5.74, 6) is -0.196. The molecule has 1 saturated heterocycles. The predicted molar refractivity (Wildman–Crippen MR) is 93.5 cm³/mol. The lowest BCUT2D eigenvalue weighted by atomic mass is 10.1. The molecule has 2 aromatic carbocycles. The van der Waals surface area contributed by atoms with E-state index >= 15 is 0 Å². The Morgan fingerprint density at radius 3 is 2.48 bits per heavy atom. The minimum atomic E-state index is -0.519. The summed E-state index contributed by atoms with van der Waals surface area (Å²) in [6.07, 6.45) is 0. The van der Waals surface area contributed by atoms with Crippen molar-refractivity contribution >= 4 is 11.9 Å². The van der Waals surface area contributed by atoms with Crippen LogP contribution in [0.5, 0.6) is 0 Å². The zero-order valence-electron chi connectivity index (χ0n) is 13.8. The van der Waals surface area contributed by atoms with Crippen molar-refractivity contribution in [1.29, 1.82) is 0 Å². The third-order valence-electron chi connectivity index (χ3n) is 4.03. The quantitative estimate of drug-likeness (QED) is 0.718. The molecule has 0 aromatic heterocycles. The Balaban J connectivity index is 1.52. The second-order valence-electron chi connectivity index (χ2n) is 5.87. The number of hydrogen-bond acceptors (Lipinski definition) is 3. The van der Waals surface area contributed by atoms with E-state index in [0.717, 1.165) is 16.7 Å². The van der Waals surface area contributed by atoms with E-state index < -0.39 is 6.04 Å². The molecule has 1 aliphatic rings. The van der Waals surface area contributed by atoms with Crippen molar-refractivity contribution in [3.8, 4) is 0 Å². The first kappa shape index (κ1) is 17.0. The van der Waals surface area contributed by atoms with Crippen LogP contribution in [0.25, 0.3) is 0 Å². The van der Waals surface area contributed by atoms with Crippen molar-refractivity contribution in [2.75, 3.05) is 6.54 Å². The first-order valence-electron chi connectivity index (χ1n) is 8.23. The number of ether oxygens (including phenoxy) is 1. The first-order chi connectivity index (χ1) is 12.2. The van der Waals surface area contributed by atoms with Crippen molar-refractivity contribution in [3.05, 3.63) is 71.3 Å². The number of carbonyl (C=O) groups excluding carboxylic acids is 2. The molecular formula is C19H21N3O3. The van der Waals surface area contributed by atoms with E-state index in [2.05, 4.69) is 16.0 Å².